The molecule has 0 amide bonds. The Balaban J connectivity index is 1.75. The molecule has 2 aromatic rings. The van der Waals surface area contributed by atoms with Gasteiger partial charge in [-0.1, -0.05) is 54.5 Å². The number of alkyl halides is 3. The number of methoxy groups -OCH3 is 1. The molecule has 11 heteroatoms. The molecule has 0 radical (unpaired) electrons. The first-order valence-electron chi connectivity index (χ1n) is 16.5. The van der Waals surface area contributed by atoms with Crippen LogP contribution in [0.4, 0.5) is 13.2 Å². The van der Waals surface area contributed by atoms with E-state index >= 15 is 0 Å². The molecule has 8 nitrogen and oxygen atoms in total. The molecule has 2 aromatic carbocycles. The topological polar surface area (TPSA) is 97.4 Å². The van der Waals surface area contributed by atoms with E-state index in [1.807, 2.05) is 0 Å². The molecule has 0 heterocycles. The zero-order valence-electron chi connectivity index (χ0n) is 29.9. The minimum Gasteiger partial charge on any atom is -0.494 e. The van der Waals surface area contributed by atoms with Gasteiger partial charge in [-0.3, -0.25) is 4.79 Å². The molecule has 1 atom stereocenters. The van der Waals surface area contributed by atoms with Crippen LogP contribution in [0.3, 0.4) is 0 Å². The van der Waals surface area contributed by atoms with Crippen molar-refractivity contribution >= 4 is 24.0 Å². The lowest BCUT2D eigenvalue weighted by atomic mass is 9.67. The van der Waals surface area contributed by atoms with Crippen LogP contribution in [0.2, 0.25) is 0 Å². The van der Waals surface area contributed by atoms with E-state index in [1.165, 1.54) is 31.4 Å². The fraction of sp³-hybridized carbons (Fsp3) is 0.553. The van der Waals surface area contributed by atoms with Crippen molar-refractivity contribution in [1.29, 1.82) is 0 Å². The molecule has 0 aromatic heterocycles. The minimum atomic E-state index is -4.62. The van der Waals surface area contributed by atoms with Gasteiger partial charge in [0.05, 0.1) is 31.8 Å². The molecule has 2 rings (SSSR count). The first-order chi connectivity index (χ1) is 22.8. The summed E-state index contributed by atoms with van der Waals surface area (Å²) in [6.45, 7) is 14.3. The highest BCUT2D eigenvalue weighted by Crippen LogP contribution is 2.41. The molecule has 49 heavy (non-hydrogen) atoms. The van der Waals surface area contributed by atoms with E-state index in [1.54, 1.807) is 24.3 Å². The van der Waals surface area contributed by atoms with Gasteiger partial charge in [0, 0.05) is 6.08 Å². The molecule has 0 aliphatic carbocycles. The number of hydrogen-bond acceptors (Lipinski definition) is 8. The highest BCUT2D eigenvalue weighted by atomic mass is 19.4. The molecule has 0 spiro atoms. The van der Waals surface area contributed by atoms with E-state index in [-0.39, 0.29) is 39.8 Å². The first kappa shape index (κ1) is 41.2. The third-order valence-corrected chi connectivity index (χ3v) is 8.45. The van der Waals surface area contributed by atoms with Gasteiger partial charge in [0.15, 0.2) is 18.1 Å². The molecular weight excluding hydrogens is 641 g/mol. The van der Waals surface area contributed by atoms with Crippen molar-refractivity contribution in [3.63, 3.8) is 0 Å². The van der Waals surface area contributed by atoms with Crippen LogP contribution in [0.1, 0.15) is 96.5 Å². The van der Waals surface area contributed by atoms with Crippen LogP contribution in [0, 0.1) is 22.7 Å². The number of carbonyl (C=O) groups is 3. The molecule has 0 fully saturated rings. The number of carbonyl (C=O) groups excluding carboxylic acids is 3. The molecular formula is C38H51F3O8. The first-order valence-corrected chi connectivity index (χ1v) is 16.5. The van der Waals surface area contributed by atoms with E-state index in [0.29, 0.717) is 30.4 Å². The Morgan fingerprint density at radius 2 is 1.45 bits per heavy atom. The number of unbranched alkanes of at least 4 members (excludes halogenated alkanes) is 3. The van der Waals surface area contributed by atoms with Crippen molar-refractivity contribution in [3.05, 3.63) is 59.7 Å². The van der Waals surface area contributed by atoms with E-state index in [9.17, 15) is 27.6 Å². The predicted octanol–water partition coefficient (Wildman–Crippen LogP) is 9.25. The summed E-state index contributed by atoms with van der Waals surface area (Å²) in [5.41, 5.74) is 0.562. The zero-order chi connectivity index (χ0) is 36.8. The molecule has 0 saturated heterocycles. The predicted molar refractivity (Wildman–Crippen MR) is 182 cm³/mol. The summed E-state index contributed by atoms with van der Waals surface area (Å²) in [4.78, 5) is 37.2. The Hall–Kier alpha value is -4.02. The molecule has 0 N–H and O–H groups in total. The summed E-state index contributed by atoms with van der Waals surface area (Å²) < 4.78 is 62.9. The molecule has 0 aliphatic heterocycles. The van der Waals surface area contributed by atoms with Gasteiger partial charge < -0.3 is 23.7 Å². The van der Waals surface area contributed by atoms with Crippen LogP contribution in [0.5, 0.6) is 17.2 Å². The summed E-state index contributed by atoms with van der Waals surface area (Å²) >= 11 is 0. The van der Waals surface area contributed by atoms with Crippen LogP contribution in [0.15, 0.2) is 48.5 Å². The summed E-state index contributed by atoms with van der Waals surface area (Å²) in [6.07, 6.45) is 1.72. The van der Waals surface area contributed by atoms with Gasteiger partial charge in [-0.05, 0) is 96.9 Å². The van der Waals surface area contributed by atoms with Crippen LogP contribution < -0.4 is 14.2 Å². The van der Waals surface area contributed by atoms with E-state index < -0.39 is 24.7 Å². The van der Waals surface area contributed by atoms with E-state index in [4.69, 9.17) is 18.9 Å². The lowest BCUT2D eigenvalue weighted by Gasteiger charge is -2.38. The fourth-order valence-electron chi connectivity index (χ4n) is 4.61. The van der Waals surface area contributed by atoms with Crippen molar-refractivity contribution in [2.24, 2.45) is 22.7 Å². The number of hydrogen-bond donors (Lipinski definition) is 0. The Morgan fingerprint density at radius 1 is 0.816 bits per heavy atom. The summed E-state index contributed by atoms with van der Waals surface area (Å²) in [6, 6.07) is 10.9. The van der Waals surface area contributed by atoms with E-state index in [0.717, 1.165) is 38.2 Å². The van der Waals surface area contributed by atoms with Crippen molar-refractivity contribution < 1.29 is 51.2 Å². The molecule has 1 unspecified atom stereocenters. The Morgan fingerprint density at radius 3 is 2.02 bits per heavy atom. The van der Waals surface area contributed by atoms with Gasteiger partial charge in [-0.2, -0.15) is 13.2 Å². The van der Waals surface area contributed by atoms with Gasteiger partial charge in [0.2, 0.25) is 0 Å². The summed E-state index contributed by atoms with van der Waals surface area (Å²) in [5, 5.41) is 0. The fourth-order valence-corrected chi connectivity index (χ4v) is 4.61. The summed E-state index contributed by atoms with van der Waals surface area (Å²) in [7, 11) is 1.36. The SMILES string of the molecule is COc1cc(/C=C/C(=O)OCC(F)(F)F)ccc1OC(=O)c1ccc(OCCCCCCOC(=O)C(CC(C)(C)C(C)C)C(C)(C)C)cc1. The largest absolute Gasteiger partial charge is 0.494 e. The second-order valence-electron chi connectivity index (χ2n) is 14.1. The number of halogens is 3. The lowest BCUT2D eigenvalue weighted by Crippen LogP contribution is -2.36. The quantitative estimate of drug-likeness (QED) is 0.0660. The second-order valence-corrected chi connectivity index (χ2v) is 14.1. The Labute approximate surface area is 288 Å². The van der Waals surface area contributed by atoms with Gasteiger partial charge in [0.1, 0.15) is 5.75 Å². The number of esters is 3. The van der Waals surface area contributed by atoms with Gasteiger partial charge in [0.25, 0.3) is 0 Å². The average molecular weight is 693 g/mol. The third kappa shape index (κ3) is 15.0. The Kier molecular flexibility index (Phi) is 15.7. The van der Waals surface area contributed by atoms with Crippen molar-refractivity contribution in [2.75, 3.05) is 26.9 Å². The summed E-state index contributed by atoms with van der Waals surface area (Å²) in [5.74, 6) is -0.706. The normalized spacial score (nSPS) is 12.9. The van der Waals surface area contributed by atoms with Crippen LogP contribution >= 0.6 is 0 Å². The highest BCUT2D eigenvalue weighted by Gasteiger charge is 2.38. The second kappa shape index (κ2) is 18.7. The average Bonchev–Trinajstić information content (AvgIpc) is 3.02. The minimum absolute atomic E-state index is 0.0413. The number of rotatable bonds is 18. The van der Waals surface area contributed by atoms with Crippen molar-refractivity contribution in [1.82, 2.24) is 0 Å². The molecule has 0 bridgehead atoms. The van der Waals surface area contributed by atoms with Gasteiger partial charge in [-0.15, -0.1) is 0 Å². The van der Waals surface area contributed by atoms with Gasteiger partial charge in [-0.25, -0.2) is 9.59 Å². The van der Waals surface area contributed by atoms with Crippen LogP contribution in [-0.4, -0.2) is 51.0 Å². The standard InChI is InChI=1S/C38H51F3O8/c1-26(2)37(6,7)24-30(36(3,4)5)35(44)47-22-12-10-9-11-21-46-29-17-15-28(16-18-29)34(43)49-31-19-13-27(23-32(31)45-8)14-20-33(42)48-25-38(39,40)41/h13-20,23,26,30H,9-12,21-22,24-25H2,1-8H3/b20-14+. The molecule has 0 saturated carbocycles. The molecule has 0 aliphatic rings. The molecule has 272 valence electrons. The van der Waals surface area contributed by atoms with Crippen molar-refractivity contribution in [2.45, 2.75) is 86.7 Å². The Bertz CT molecular complexity index is 1390. The number of benzene rings is 2. The maximum atomic E-state index is 12.9. The maximum absolute atomic E-state index is 12.9. The number of ether oxygens (including phenoxy) is 5. The van der Waals surface area contributed by atoms with Gasteiger partial charge >= 0.3 is 24.1 Å². The highest BCUT2D eigenvalue weighted by molar-refractivity contribution is 5.91. The monoisotopic (exact) mass is 692 g/mol. The third-order valence-electron chi connectivity index (χ3n) is 8.45. The van der Waals surface area contributed by atoms with Crippen LogP contribution in [-0.2, 0) is 19.1 Å². The van der Waals surface area contributed by atoms with Crippen molar-refractivity contribution in [3.8, 4) is 17.2 Å². The lowest BCUT2D eigenvalue weighted by molar-refractivity contribution is -0.182. The van der Waals surface area contributed by atoms with E-state index in [2.05, 4.69) is 53.2 Å². The smallest absolute Gasteiger partial charge is 0.422 e. The van der Waals surface area contributed by atoms with Crippen LogP contribution in [0.25, 0.3) is 6.08 Å². The zero-order valence-corrected chi connectivity index (χ0v) is 29.9. The maximum Gasteiger partial charge on any atom is 0.422 e.